The lowest BCUT2D eigenvalue weighted by molar-refractivity contribution is -0.385. The second kappa shape index (κ2) is 6.11. The number of imidazole rings is 1. The van der Waals surface area contributed by atoms with Crippen molar-refractivity contribution in [3.63, 3.8) is 0 Å². The Kier molecular flexibility index (Phi) is 3.99. The van der Waals surface area contributed by atoms with E-state index in [1.54, 1.807) is 6.92 Å². The third-order valence-electron chi connectivity index (χ3n) is 3.85. The van der Waals surface area contributed by atoms with E-state index in [4.69, 9.17) is 0 Å². The van der Waals surface area contributed by atoms with Gasteiger partial charge in [0.15, 0.2) is 0 Å². The molecule has 1 amide bonds. The van der Waals surface area contributed by atoms with Gasteiger partial charge in [0.25, 0.3) is 11.6 Å². The summed E-state index contributed by atoms with van der Waals surface area (Å²) in [6.07, 6.45) is 0. The highest BCUT2D eigenvalue weighted by molar-refractivity contribution is 6.04. The number of aromatic nitrogens is 2. The molecule has 7 nitrogen and oxygen atoms in total. The molecule has 7 heteroatoms. The molecule has 0 bridgehead atoms. The van der Waals surface area contributed by atoms with Crippen LogP contribution in [0.5, 0.6) is 0 Å². The zero-order chi connectivity index (χ0) is 17.3. The summed E-state index contributed by atoms with van der Waals surface area (Å²) in [5.41, 5.74) is 2.53. The van der Waals surface area contributed by atoms with Crippen molar-refractivity contribution in [1.29, 1.82) is 0 Å². The molecule has 122 valence electrons. The number of anilines is 1. The van der Waals surface area contributed by atoms with Crippen LogP contribution < -0.4 is 5.32 Å². The fourth-order valence-electron chi connectivity index (χ4n) is 2.67. The van der Waals surface area contributed by atoms with E-state index in [9.17, 15) is 14.9 Å². The highest BCUT2D eigenvalue weighted by Crippen LogP contribution is 2.22. The van der Waals surface area contributed by atoms with Gasteiger partial charge in [0.1, 0.15) is 0 Å². The molecule has 0 radical (unpaired) electrons. The third kappa shape index (κ3) is 2.71. The van der Waals surface area contributed by atoms with Crippen molar-refractivity contribution in [2.45, 2.75) is 20.4 Å². The molecule has 24 heavy (non-hydrogen) atoms. The Balaban J connectivity index is 1.93. The Morgan fingerprint density at radius 1 is 1.29 bits per heavy atom. The predicted molar refractivity (Wildman–Crippen MR) is 91.2 cm³/mol. The Morgan fingerprint density at radius 2 is 2.04 bits per heavy atom. The van der Waals surface area contributed by atoms with Gasteiger partial charge >= 0.3 is 0 Å². The summed E-state index contributed by atoms with van der Waals surface area (Å²) in [5.74, 6) is 0.109. The first-order valence-corrected chi connectivity index (χ1v) is 7.53. The van der Waals surface area contributed by atoms with Gasteiger partial charge in [0, 0.05) is 23.7 Å². The molecule has 1 aromatic heterocycles. The van der Waals surface area contributed by atoms with Gasteiger partial charge in [-0.2, -0.15) is 0 Å². The first-order chi connectivity index (χ1) is 11.5. The van der Waals surface area contributed by atoms with Gasteiger partial charge in [0.2, 0.25) is 5.95 Å². The molecule has 0 atom stereocenters. The maximum absolute atomic E-state index is 12.5. The minimum absolute atomic E-state index is 0.00709. The predicted octanol–water partition coefficient (Wildman–Crippen LogP) is 3.53. The number of nitrogens with one attached hydrogen (secondary N) is 1. The topological polar surface area (TPSA) is 90.1 Å². The summed E-state index contributed by atoms with van der Waals surface area (Å²) >= 11 is 0. The van der Waals surface area contributed by atoms with Crippen molar-refractivity contribution in [2.24, 2.45) is 0 Å². The number of nitrogens with zero attached hydrogens (tertiary/aromatic N) is 3. The summed E-state index contributed by atoms with van der Waals surface area (Å²) in [6, 6.07) is 11.9. The number of nitro benzene ring substituents is 1. The first-order valence-electron chi connectivity index (χ1n) is 7.53. The Hall–Kier alpha value is -3.22. The fourth-order valence-corrected chi connectivity index (χ4v) is 2.67. The van der Waals surface area contributed by atoms with Gasteiger partial charge in [0.05, 0.1) is 16.0 Å². The number of aryl methyl sites for hydroxylation is 2. The van der Waals surface area contributed by atoms with Crippen LogP contribution in [0.3, 0.4) is 0 Å². The highest BCUT2D eigenvalue weighted by atomic mass is 16.6. The number of carbonyl (C=O) groups is 1. The van der Waals surface area contributed by atoms with E-state index >= 15 is 0 Å². The Labute approximate surface area is 138 Å². The Morgan fingerprint density at radius 3 is 2.71 bits per heavy atom. The van der Waals surface area contributed by atoms with E-state index < -0.39 is 4.92 Å². The number of hydrogen-bond donors (Lipinski definition) is 1. The van der Waals surface area contributed by atoms with Gasteiger partial charge in [-0.1, -0.05) is 12.1 Å². The fraction of sp³-hybridized carbons (Fsp3) is 0.176. The SMILES string of the molecule is CCn1c(NC(=O)c2ccc([N+](=O)[O-])c(C)c2)nc2ccccc21. The lowest BCUT2D eigenvalue weighted by Gasteiger charge is -2.08. The number of carbonyl (C=O) groups excluding carboxylic acids is 1. The number of rotatable bonds is 4. The second-order valence-corrected chi connectivity index (χ2v) is 5.38. The molecule has 2 aromatic carbocycles. The van der Waals surface area contributed by atoms with E-state index in [0.29, 0.717) is 23.6 Å². The van der Waals surface area contributed by atoms with Crippen LogP contribution in [0.2, 0.25) is 0 Å². The van der Waals surface area contributed by atoms with E-state index in [0.717, 1.165) is 11.0 Å². The van der Waals surface area contributed by atoms with Gasteiger partial charge in [-0.05, 0) is 38.1 Å². The lowest BCUT2D eigenvalue weighted by atomic mass is 10.1. The largest absolute Gasteiger partial charge is 0.310 e. The number of nitro groups is 1. The van der Waals surface area contributed by atoms with Crippen molar-refractivity contribution in [1.82, 2.24) is 9.55 Å². The average Bonchev–Trinajstić information content (AvgIpc) is 2.91. The van der Waals surface area contributed by atoms with Gasteiger partial charge in [-0.3, -0.25) is 20.2 Å². The molecule has 1 heterocycles. The number of hydrogen-bond acceptors (Lipinski definition) is 4. The maximum atomic E-state index is 12.5. The van der Waals surface area contributed by atoms with E-state index in [1.807, 2.05) is 35.8 Å². The van der Waals surface area contributed by atoms with Crippen LogP contribution in [0, 0.1) is 17.0 Å². The van der Waals surface area contributed by atoms with Crippen LogP contribution in [0.1, 0.15) is 22.8 Å². The highest BCUT2D eigenvalue weighted by Gasteiger charge is 2.16. The number of fused-ring (bicyclic) bond motifs is 1. The molecule has 0 saturated heterocycles. The van der Waals surface area contributed by atoms with Crippen molar-refractivity contribution < 1.29 is 9.72 Å². The third-order valence-corrected chi connectivity index (χ3v) is 3.85. The molecule has 0 aliphatic heterocycles. The van der Waals surface area contributed by atoms with Crippen molar-refractivity contribution >= 4 is 28.6 Å². The summed E-state index contributed by atoms with van der Waals surface area (Å²) in [5, 5.41) is 13.7. The van der Waals surface area contributed by atoms with Crippen molar-refractivity contribution in [3.05, 3.63) is 63.7 Å². The van der Waals surface area contributed by atoms with Gasteiger partial charge in [-0.15, -0.1) is 0 Å². The minimum atomic E-state index is -0.465. The smallest absolute Gasteiger partial charge is 0.272 e. The molecule has 0 unspecified atom stereocenters. The van der Waals surface area contributed by atoms with E-state index in [2.05, 4.69) is 10.3 Å². The molecule has 0 saturated carbocycles. The normalized spacial score (nSPS) is 10.8. The molecular weight excluding hydrogens is 308 g/mol. The Bertz CT molecular complexity index is 946. The van der Waals surface area contributed by atoms with Crippen molar-refractivity contribution in [2.75, 3.05) is 5.32 Å². The van der Waals surface area contributed by atoms with Crippen molar-refractivity contribution in [3.8, 4) is 0 Å². The summed E-state index contributed by atoms with van der Waals surface area (Å²) in [4.78, 5) is 27.3. The standard InChI is InChI=1S/C17H16N4O3/c1-3-20-15-7-5-4-6-13(15)18-17(20)19-16(22)12-8-9-14(21(23)24)11(2)10-12/h4-10H,3H2,1-2H3,(H,18,19,22). The van der Waals surface area contributed by atoms with E-state index in [-0.39, 0.29) is 11.6 Å². The lowest BCUT2D eigenvalue weighted by Crippen LogP contribution is -2.16. The first kappa shape index (κ1) is 15.7. The molecule has 0 spiro atoms. The number of benzene rings is 2. The zero-order valence-corrected chi connectivity index (χ0v) is 13.3. The second-order valence-electron chi connectivity index (χ2n) is 5.38. The average molecular weight is 324 g/mol. The monoisotopic (exact) mass is 324 g/mol. The van der Waals surface area contributed by atoms with Crippen LogP contribution in [0.15, 0.2) is 42.5 Å². The van der Waals surface area contributed by atoms with Gasteiger partial charge in [-0.25, -0.2) is 4.98 Å². The number of amides is 1. The van der Waals surface area contributed by atoms with Gasteiger partial charge < -0.3 is 4.57 Å². The molecular formula is C17H16N4O3. The molecule has 0 aliphatic rings. The minimum Gasteiger partial charge on any atom is -0.310 e. The van der Waals surface area contributed by atoms with Crippen LogP contribution in [-0.2, 0) is 6.54 Å². The molecule has 3 aromatic rings. The van der Waals surface area contributed by atoms with Crippen LogP contribution in [-0.4, -0.2) is 20.4 Å². The summed E-state index contributed by atoms with van der Waals surface area (Å²) in [7, 11) is 0. The zero-order valence-electron chi connectivity index (χ0n) is 13.3. The van der Waals surface area contributed by atoms with Crippen LogP contribution in [0.25, 0.3) is 11.0 Å². The summed E-state index contributed by atoms with van der Waals surface area (Å²) < 4.78 is 1.91. The molecule has 0 aliphatic carbocycles. The molecule has 3 rings (SSSR count). The maximum Gasteiger partial charge on any atom is 0.272 e. The molecule has 0 fully saturated rings. The molecule has 1 N–H and O–H groups in total. The number of para-hydroxylation sites is 2. The van der Waals surface area contributed by atoms with E-state index in [1.165, 1.54) is 18.2 Å². The van der Waals surface area contributed by atoms with Crippen LogP contribution >= 0.6 is 0 Å². The summed E-state index contributed by atoms with van der Waals surface area (Å²) in [6.45, 7) is 4.24. The van der Waals surface area contributed by atoms with Crippen LogP contribution in [0.4, 0.5) is 11.6 Å². The quantitative estimate of drug-likeness (QED) is 0.587.